The Hall–Kier alpha value is -0.530. The van der Waals surface area contributed by atoms with E-state index in [9.17, 15) is 4.79 Å². The Morgan fingerprint density at radius 3 is 2.23 bits per heavy atom. The minimum atomic E-state index is -0.581. The molecule has 0 aromatic carbocycles. The molecule has 1 fully saturated rings. The van der Waals surface area contributed by atoms with Crippen molar-refractivity contribution in [2.45, 2.75) is 46.0 Å². The molecule has 0 aromatic heterocycles. The molecule has 1 rings (SSSR count). The Kier molecular flexibility index (Phi) is 3.76. The van der Waals surface area contributed by atoms with Gasteiger partial charge in [0.05, 0.1) is 5.92 Å². The van der Waals surface area contributed by atoms with E-state index in [-0.39, 0.29) is 5.92 Å². The van der Waals surface area contributed by atoms with Gasteiger partial charge in [-0.15, -0.1) is 0 Å². The van der Waals surface area contributed by atoms with Crippen LogP contribution in [0, 0.1) is 17.8 Å². The van der Waals surface area contributed by atoms with Crippen LogP contribution < -0.4 is 0 Å². The Labute approximate surface area is 80.3 Å². The summed E-state index contributed by atoms with van der Waals surface area (Å²) in [5.41, 5.74) is 0. The van der Waals surface area contributed by atoms with Gasteiger partial charge in [0.2, 0.25) is 0 Å². The number of rotatable bonds is 6. The van der Waals surface area contributed by atoms with E-state index in [1.807, 2.05) is 0 Å². The third-order valence-corrected chi connectivity index (χ3v) is 3.08. The molecule has 0 bridgehead atoms. The van der Waals surface area contributed by atoms with Crippen molar-refractivity contribution in [1.82, 2.24) is 0 Å². The molecule has 13 heavy (non-hydrogen) atoms. The highest BCUT2D eigenvalue weighted by Gasteiger charge is 2.46. The van der Waals surface area contributed by atoms with Gasteiger partial charge in [0.1, 0.15) is 0 Å². The molecule has 1 aliphatic rings. The van der Waals surface area contributed by atoms with Crippen molar-refractivity contribution in [3.8, 4) is 0 Å². The van der Waals surface area contributed by atoms with Gasteiger partial charge < -0.3 is 5.11 Å². The molecule has 0 spiro atoms. The number of carbonyl (C=O) groups is 1. The SMILES string of the molecule is CCCC(CCC)[C@@H]1C[C@H]1C(=O)O. The summed E-state index contributed by atoms with van der Waals surface area (Å²) >= 11 is 0. The van der Waals surface area contributed by atoms with Crippen LogP contribution in [0.25, 0.3) is 0 Å². The average Bonchev–Trinajstić information content (AvgIpc) is 2.82. The lowest BCUT2D eigenvalue weighted by Crippen LogP contribution is -2.08. The highest BCUT2D eigenvalue weighted by Crippen LogP contribution is 2.47. The number of hydrogen-bond acceptors (Lipinski definition) is 1. The quantitative estimate of drug-likeness (QED) is 0.689. The molecule has 1 N–H and O–H groups in total. The predicted molar refractivity (Wildman–Crippen MR) is 52.5 cm³/mol. The normalized spacial score (nSPS) is 26.4. The molecule has 1 saturated carbocycles. The van der Waals surface area contributed by atoms with Crippen LogP contribution in [0.15, 0.2) is 0 Å². The minimum absolute atomic E-state index is 0.0110. The second-order valence-electron chi connectivity index (χ2n) is 4.18. The van der Waals surface area contributed by atoms with Crippen LogP contribution in [-0.4, -0.2) is 11.1 Å². The molecule has 2 nitrogen and oxygen atoms in total. The first-order valence-electron chi connectivity index (χ1n) is 5.43. The summed E-state index contributed by atoms with van der Waals surface area (Å²) in [7, 11) is 0. The van der Waals surface area contributed by atoms with E-state index in [2.05, 4.69) is 13.8 Å². The maximum Gasteiger partial charge on any atom is 0.306 e. The van der Waals surface area contributed by atoms with Crippen molar-refractivity contribution in [2.24, 2.45) is 17.8 Å². The van der Waals surface area contributed by atoms with E-state index in [1.54, 1.807) is 0 Å². The Morgan fingerprint density at radius 2 is 1.92 bits per heavy atom. The molecule has 2 atom stereocenters. The summed E-state index contributed by atoms with van der Waals surface area (Å²) in [5, 5.41) is 8.81. The monoisotopic (exact) mass is 184 g/mol. The van der Waals surface area contributed by atoms with Gasteiger partial charge in [-0.1, -0.05) is 39.5 Å². The molecule has 0 amide bonds. The second kappa shape index (κ2) is 4.64. The first-order chi connectivity index (χ1) is 6.20. The van der Waals surface area contributed by atoms with Crippen molar-refractivity contribution in [2.75, 3.05) is 0 Å². The van der Waals surface area contributed by atoms with Gasteiger partial charge in [-0.3, -0.25) is 4.79 Å². The zero-order chi connectivity index (χ0) is 9.84. The van der Waals surface area contributed by atoms with Crippen LogP contribution in [-0.2, 0) is 4.79 Å². The molecule has 0 saturated heterocycles. The summed E-state index contributed by atoms with van der Waals surface area (Å²) in [6.45, 7) is 4.36. The minimum Gasteiger partial charge on any atom is -0.481 e. The van der Waals surface area contributed by atoms with Gasteiger partial charge in [0.25, 0.3) is 0 Å². The number of carboxylic acid groups (broad SMARTS) is 1. The maximum absolute atomic E-state index is 10.7. The average molecular weight is 184 g/mol. The van der Waals surface area contributed by atoms with Gasteiger partial charge in [-0.25, -0.2) is 0 Å². The van der Waals surface area contributed by atoms with E-state index in [1.165, 1.54) is 25.7 Å². The van der Waals surface area contributed by atoms with Crippen molar-refractivity contribution in [1.29, 1.82) is 0 Å². The molecular formula is C11H20O2. The van der Waals surface area contributed by atoms with E-state index in [0.29, 0.717) is 11.8 Å². The van der Waals surface area contributed by atoms with Crippen LogP contribution in [0.3, 0.4) is 0 Å². The Bertz CT molecular complexity index is 171. The zero-order valence-electron chi connectivity index (χ0n) is 8.62. The van der Waals surface area contributed by atoms with Crippen LogP contribution in [0.1, 0.15) is 46.0 Å². The number of aliphatic carboxylic acids is 1. The number of hydrogen-bond donors (Lipinski definition) is 1. The molecule has 0 aliphatic heterocycles. The lowest BCUT2D eigenvalue weighted by molar-refractivity contribution is -0.139. The van der Waals surface area contributed by atoms with Crippen molar-refractivity contribution in [3.63, 3.8) is 0 Å². The third kappa shape index (κ3) is 2.71. The third-order valence-electron chi connectivity index (χ3n) is 3.08. The number of carboxylic acids is 1. The summed E-state index contributed by atoms with van der Waals surface area (Å²) in [4.78, 5) is 10.7. The fraction of sp³-hybridized carbons (Fsp3) is 0.909. The summed E-state index contributed by atoms with van der Waals surface area (Å²) in [6, 6.07) is 0. The standard InChI is InChI=1S/C11H20O2/c1-3-5-8(6-4-2)9-7-10(9)11(12)13/h8-10H,3-7H2,1-2H3,(H,12,13)/t9-,10+/m0/s1. The van der Waals surface area contributed by atoms with Crippen LogP contribution in [0.4, 0.5) is 0 Å². The molecule has 76 valence electrons. The fourth-order valence-electron chi connectivity index (χ4n) is 2.33. The molecule has 0 radical (unpaired) electrons. The lowest BCUT2D eigenvalue weighted by Gasteiger charge is -2.13. The van der Waals surface area contributed by atoms with Crippen LogP contribution in [0.2, 0.25) is 0 Å². The zero-order valence-corrected chi connectivity index (χ0v) is 8.62. The van der Waals surface area contributed by atoms with Crippen molar-refractivity contribution < 1.29 is 9.90 Å². The topological polar surface area (TPSA) is 37.3 Å². The second-order valence-corrected chi connectivity index (χ2v) is 4.18. The smallest absolute Gasteiger partial charge is 0.306 e. The van der Waals surface area contributed by atoms with Gasteiger partial charge in [-0.05, 0) is 18.3 Å². The van der Waals surface area contributed by atoms with Gasteiger partial charge in [-0.2, -0.15) is 0 Å². The van der Waals surface area contributed by atoms with E-state index in [4.69, 9.17) is 5.11 Å². The molecular weight excluding hydrogens is 164 g/mol. The molecule has 0 unspecified atom stereocenters. The van der Waals surface area contributed by atoms with Crippen LogP contribution in [0.5, 0.6) is 0 Å². The Balaban J connectivity index is 2.35. The van der Waals surface area contributed by atoms with Gasteiger partial charge in [0, 0.05) is 0 Å². The first-order valence-corrected chi connectivity index (χ1v) is 5.43. The molecule has 0 heterocycles. The van der Waals surface area contributed by atoms with Crippen LogP contribution >= 0.6 is 0 Å². The summed E-state index contributed by atoms with van der Waals surface area (Å²) < 4.78 is 0. The van der Waals surface area contributed by atoms with E-state index in [0.717, 1.165) is 6.42 Å². The maximum atomic E-state index is 10.7. The van der Waals surface area contributed by atoms with Gasteiger partial charge in [0.15, 0.2) is 0 Å². The summed E-state index contributed by atoms with van der Waals surface area (Å²) in [5.74, 6) is 0.582. The molecule has 1 aliphatic carbocycles. The molecule has 0 aromatic rings. The molecule has 2 heteroatoms. The van der Waals surface area contributed by atoms with Crippen molar-refractivity contribution >= 4 is 5.97 Å². The first kappa shape index (κ1) is 10.6. The fourth-order valence-corrected chi connectivity index (χ4v) is 2.33. The highest BCUT2D eigenvalue weighted by atomic mass is 16.4. The highest BCUT2D eigenvalue weighted by molar-refractivity contribution is 5.73. The Morgan fingerprint density at radius 1 is 1.38 bits per heavy atom. The van der Waals surface area contributed by atoms with E-state index < -0.39 is 5.97 Å². The van der Waals surface area contributed by atoms with Crippen molar-refractivity contribution in [3.05, 3.63) is 0 Å². The van der Waals surface area contributed by atoms with E-state index >= 15 is 0 Å². The predicted octanol–water partition coefficient (Wildman–Crippen LogP) is 2.92. The largest absolute Gasteiger partial charge is 0.481 e. The summed E-state index contributed by atoms with van der Waals surface area (Å²) in [6.07, 6.45) is 5.73. The lowest BCUT2D eigenvalue weighted by atomic mass is 9.92. The van der Waals surface area contributed by atoms with Gasteiger partial charge >= 0.3 is 5.97 Å².